The van der Waals surface area contributed by atoms with Crippen LogP contribution < -0.4 is 14.4 Å². The van der Waals surface area contributed by atoms with E-state index in [1.807, 2.05) is 36.4 Å². The number of benzene rings is 3. The molecule has 1 aliphatic heterocycles. The number of para-hydroxylation sites is 1. The Labute approximate surface area is 180 Å². The lowest BCUT2D eigenvalue weighted by Gasteiger charge is -2.25. The third kappa shape index (κ3) is 4.19. The summed E-state index contributed by atoms with van der Waals surface area (Å²) in [7, 11) is 3.20. The summed E-state index contributed by atoms with van der Waals surface area (Å²) < 4.78 is 24.5. The van der Waals surface area contributed by atoms with Crippen LogP contribution in [-0.4, -0.2) is 25.9 Å². The van der Waals surface area contributed by atoms with Crippen LogP contribution in [0.5, 0.6) is 17.2 Å². The molecular weight excluding hydrogens is 401 g/mol. The average Bonchev–Trinajstić information content (AvgIpc) is 2.94. The summed E-state index contributed by atoms with van der Waals surface area (Å²) in [5.74, 6) is 1.18. The smallest absolute Gasteiger partial charge is 0.162 e. The van der Waals surface area contributed by atoms with Crippen LogP contribution in [0.3, 0.4) is 0 Å². The van der Waals surface area contributed by atoms with Crippen molar-refractivity contribution in [1.29, 1.82) is 0 Å². The molecule has 6 heteroatoms. The molecule has 4 nitrogen and oxygen atoms in total. The molecule has 0 aromatic heterocycles. The van der Waals surface area contributed by atoms with E-state index in [2.05, 4.69) is 4.90 Å². The molecule has 1 atom stereocenters. The number of rotatable bonds is 5. The number of hydrogen-bond acceptors (Lipinski definition) is 5. The first-order chi connectivity index (χ1) is 14.6. The first-order valence-electron chi connectivity index (χ1n) is 9.79. The van der Waals surface area contributed by atoms with Gasteiger partial charge in [-0.3, -0.25) is 0 Å². The number of phenolic OH excluding ortho intramolecular Hbond substituents is 1. The minimum absolute atomic E-state index is 0.121. The predicted molar refractivity (Wildman–Crippen MR) is 118 cm³/mol. The lowest BCUT2D eigenvalue weighted by Crippen LogP contribution is -2.24. The number of ether oxygens (including phenoxy) is 2. The van der Waals surface area contributed by atoms with Crippen LogP contribution in [-0.2, 0) is 6.54 Å². The second-order valence-corrected chi connectivity index (χ2v) is 8.42. The number of methoxy groups -OCH3 is 2. The summed E-state index contributed by atoms with van der Waals surface area (Å²) in [5.41, 5.74) is 2.84. The highest BCUT2D eigenvalue weighted by Gasteiger charge is 2.25. The fraction of sp³-hybridized carbons (Fsp3) is 0.250. The van der Waals surface area contributed by atoms with Crippen molar-refractivity contribution in [3.8, 4) is 17.2 Å². The molecule has 156 valence electrons. The minimum atomic E-state index is -0.221. The van der Waals surface area contributed by atoms with Gasteiger partial charge in [0.2, 0.25) is 0 Å². The molecule has 1 heterocycles. The van der Waals surface area contributed by atoms with Crippen LogP contribution in [0, 0.1) is 5.82 Å². The molecule has 3 aromatic carbocycles. The molecule has 0 aliphatic carbocycles. The summed E-state index contributed by atoms with van der Waals surface area (Å²) in [6.07, 6.45) is 0.843. The average molecular weight is 426 g/mol. The highest BCUT2D eigenvalue weighted by atomic mass is 32.2. The van der Waals surface area contributed by atoms with E-state index < -0.39 is 0 Å². The largest absolute Gasteiger partial charge is 0.504 e. The lowest BCUT2D eigenvalue weighted by atomic mass is 10.1. The Kier molecular flexibility index (Phi) is 6.04. The number of fused-ring (bicyclic) bond motifs is 1. The molecule has 3 aromatic rings. The molecule has 0 fully saturated rings. The van der Waals surface area contributed by atoms with Crippen molar-refractivity contribution in [3.63, 3.8) is 0 Å². The zero-order valence-electron chi connectivity index (χ0n) is 17.0. The van der Waals surface area contributed by atoms with Crippen molar-refractivity contribution in [2.45, 2.75) is 23.1 Å². The van der Waals surface area contributed by atoms with Crippen molar-refractivity contribution in [2.24, 2.45) is 0 Å². The summed E-state index contributed by atoms with van der Waals surface area (Å²) in [5, 5.41) is 10.7. The Balaban J connectivity index is 1.70. The molecule has 1 unspecified atom stereocenters. The van der Waals surface area contributed by atoms with E-state index in [-0.39, 0.29) is 16.8 Å². The molecule has 0 bridgehead atoms. The molecule has 0 amide bonds. The van der Waals surface area contributed by atoms with Gasteiger partial charge in [-0.05, 0) is 48.4 Å². The number of hydrogen-bond donors (Lipinski definition) is 1. The van der Waals surface area contributed by atoms with Crippen LogP contribution in [0.1, 0.15) is 22.8 Å². The van der Waals surface area contributed by atoms with E-state index in [9.17, 15) is 9.50 Å². The third-order valence-electron chi connectivity index (χ3n) is 5.32. The number of aromatic hydroxyl groups is 1. The lowest BCUT2D eigenvalue weighted by molar-refractivity contribution is 0.370. The van der Waals surface area contributed by atoms with Crippen LogP contribution >= 0.6 is 11.8 Å². The van der Waals surface area contributed by atoms with Gasteiger partial charge in [0.05, 0.1) is 19.9 Å². The zero-order valence-corrected chi connectivity index (χ0v) is 17.8. The van der Waals surface area contributed by atoms with Gasteiger partial charge in [0.15, 0.2) is 11.5 Å². The number of anilines is 1. The molecule has 4 rings (SSSR count). The number of thioether (sulfide) groups is 1. The molecule has 1 N–H and O–H groups in total. The van der Waals surface area contributed by atoms with Gasteiger partial charge >= 0.3 is 0 Å². The molecule has 0 radical (unpaired) electrons. The minimum Gasteiger partial charge on any atom is -0.504 e. The van der Waals surface area contributed by atoms with Gasteiger partial charge in [-0.1, -0.05) is 24.3 Å². The van der Waals surface area contributed by atoms with Crippen LogP contribution in [0.4, 0.5) is 10.1 Å². The summed E-state index contributed by atoms with van der Waals surface area (Å²) in [6, 6.07) is 18.4. The maximum atomic E-state index is 13.8. The van der Waals surface area contributed by atoms with E-state index in [0.717, 1.165) is 40.4 Å². The predicted octanol–water partition coefficient (Wildman–Crippen LogP) is 5.79. The molecule has 0 saturated carbocycles. The normalized spacial score (nSPS) is 16.0. The fourth-order valence-corrected chi connectivity index (χ4v) is 5.07. The Morgan fingerprint density at radius 3 is 2.67 bits per heavy atom. The number of halogens is 1. The first kappa shape index (κ1) is 20.4. The van der Waals surface area contributed by atoms with Gasteiger partial charge in [-0.15, -0.1) is 11.8 Å². The monoisotopic (exact) mass is 425 g/mol. The summed E-state index contributed by atoms with van der Waals surface area (Å²) >= 11 is 1.72. The molecular formula is C24H24FNO3S. The van der Waals surface area contributed by atoms with E-state index in [1.165, 1.54) is 6.07 Å². The second-order valence-electron chi connectivity index (χ2n) is 7.17. The Bertz CT molecular complexity index is 1040. The highest BCUT2D eigenvalue weighted by molar-refractivity contribution is 7.99. The topological polar surface area (TPSA) is 41.9 Å². The molecule has 1 aliphatic rings. The standard InChI is InChI=1S/C24H24FNO3S/c1-28-19-9-10-20-23(14-19)30-22(16-5-3-7-18(25)13-16)11-12-26(20)15-17-6-4-8-21(29-2)24(17)27/h3-10,13-14,22,27H,11-12,15H2,1-2H3. The Morgan fingerprint density at radius 1 is 1.07 bits per heavy atom. The quantitative estimate of drug-likeness (QED) is 0.560. The van der Waals surface area contributed by atoms with Crippen molar-refractivity contribution in [2.75, 3.05) is 25.7 Å². The van der Waals surface area contributed by atoms with Crippen molar-refractivity contribution < 1.29 is 19.0 Å². The maximum absolute atomic E-state index is 13.8. The van der Waals surface area contributed by atoms with Crippen LogP contribution in [0.25, 0.3) is 0 Å². The number of nitrogens with zero attached hydrogens (tertiary/aromatic N) is 1. The summed E-state index contributed by atoms with van der Waals surface area (Å²) in [6.45, 7) is 1.31. The van der Waals surface area contributed by atoms with Crippen molar-refractivity contribution in [3.05, 3.63) is 77.6 Å². The van der Waals surface area contributed by atoms with Crippen molar-refractivity contribution >= 4 is 17.4 Å². The highest BCUT2D eigenvalue weighted by Crippen LogP contribution is 2.47. The summed E-state index contributed by atoms with van der Waals surface area (Å²) in [4.78, 5) is 3.32. The van der Waals surface area contributed by atoms with Gasteiger partial charge in [0.1, 0.15) is 11.6 Å². The van der Waals surface area contributed by atoms with E-state index in [0.29, 0.717) is 12.3 Å². The third-order valence-corrected chi connectivity index (χ3v) is 6.70. The van der Waals surface area contributed by atoms with Gasteiger partial charge in [0, 0.05) is 28.8 Å². The SMILES string of the molecule is COc1ccc2c(c1)SC(c1cccc(F)c1)CCN2Cc1cccc(OC)c1O. The Hall–Kier alpha value is -2.86. The van der Waals surface area contributed by atoms with Gasteiger partial charge < -0.3 is 19.5 Å². The molecule has 0 spiro atoms. The first-order valence-corrected chi connectivity index (χ1v) is 10.7. The van der Waals surface area contributed by atoms with Gasteiger partial charge in [-0.25, -0.2) is 4.39 Å². The fourth-order valence-electron chi connectivity index (χ4n) is 3.75. The van der Waals surface area contributed by atoms with Gasteiger partial charge in [0.25, 0.3) is 0 Å². The van der Waals surface area contributed by atoms with E-state index in [4.69, 9.17) is 9.47 Å². The zero-order chi connectivity index (χ0) is 21.1. The van der Waals surface area contributed by atoms with E-state index >= 15 is 0 Å². The molecule has 30 heavy (non-hydrogen) atoms. The van der Waals surface area contributed by atoms with Crippen molar-refractivity contribution in [1.82, 2.24) is 0 Å². The maximum Gasteiger partial charge on any atom is 0.162 e. The van der Waals surface area contributed by atoms with Crippen LogP contribution in [0.15, 0.2) is 65.6 Å². The molecule has 0 saturated heterocycles. The van der Waals surface area contributed by atoms with Gasteiger partial charge in [-0.2, -0.15) is 0 Å². The number of phenols is 1. The Morgan fingerprint density at radius 2 is 1.90 bits per heavy atom. The second kappa shape index (κ2) is 8.88. The van der Waals surface area contributed by atoms with Crippen LogP contribution in [0.2, 0.25) is 0 Å². The van der Waals surface area contributed by atoms with E-state index in [1.54, 1.807) is 44.2 Å².